The quantitative estimate of drug-likeness (QED) is 0.868. The molecule has 2 rings (SSSR count). The van der Waals surface area contributed by atoms with Crippen molar-refractivity contribution in [3.8, 4) is 11.5 Å². The standard InChI is InChI=1S/C20H24N2O3/c1-14-8-7-9-15(12-14)25-17-11-6-5-10-16(17)22-18(23)13-21-19(24)20(2,3)4/h5-12H,13H2,1-4H3,(H,21,24)(H,22,23). The molecule has 0 aliphatic carbocycles. The Morgan fingerprint density at radius 2 is 1.76 bits per heavy atom. The number of aryl methyl sites for hydroxylation is 1. The van der Waals surface area contributed by atoms with Gasteiger partial charge >= 0.3 is 0 Å². The highest BCUT2D eigenvalue weighted by Crippen LogP contribution is 2.29. The van der Waals surface area contributed by atoms with Gasteiger partial charge in [-0.1, -0.05) is 45.0 Å². The lowest BCUT2D eigenvalue weighted by atomic mass is 9.96. The Balaban J connectivity index is 2.03. The van der Waals surface area contributed by atoms with Crippen molar-refractivity contribution < 1.29 is 14.3 Å². The minimum Gasteiger partial charge on any atom is -0.455 e. The van der Waals surface area contributed by atoms with Crippen molar-refractivity contribution in [2.45, 2.75) is 27.7 Å². The molecule has 2 aromatic carbocycles. The number of para-hydroxylation sites is 2. The molecule has 2 aromatic rings. The molecule has 0 spiro atoms. The molecule has 0 heterocycles. The topological polar surface area (TPSA) is 67.4 Å². The molecule has 0 unspecified atom stereocenters. The van der Waals surface area contributed by atoms with Crippen LogP contribution in [-0.4, -0.2) is 18.4 Å². The van der Waals surface area contributed by atoms with Crippen LogP contribution in [0.5, 0.6) is 11.5 Å². The zero-order valence-electron chi connectivity index (χ0n) is 15.1. The summed E-state index contributed by atoms with van der Waals surface area (Å²) < 4.78 is 5.87. The molecule has 2 amide bonds. The fraction of sp³-hybridized carbons (Fsp3) is 0.300. The first kappa shape index (κ1) is 18.5. The van der Waals surface area contributed by atoms with Crippen molar-refractivity contribution in [1.82, 2.24) is 5.32 Å². The molecule has 0 bridgehead atoms. The molecule has 132 valence electrons. The summed E-state index contributed by atoms with van der Waals surface area (Å²) in [6.07, 6.45) is 0. The molecule has 25 heavy (non-hydrogen) atoms. The molecule has 0 fully saturated rings. The van der Waals surface area contributed by atoms with Crippen LogP contribution in [0.25, 0.3) is 0 Å². The van der Waals surface area contributed by atoms with E-state index in [9.17, 15) is 9.59 Å². The summed E-state index contributed by atoms with van der Waals surface area (Å²) in [7, 11) is 0. The minimum absolute atomic E-state index is 0.0884. The molecule has 0 aliphatic rings. The predicted molar refractivity (Wildman–Crippen MR) is 98.8 cm³/mol. The summed E-state index contributed by atoms with van der Waals surface area (Å²) in [6, 6.07) is 14.9. The predicted octanol–water partition coefficient (Wildman–Crippen LogP) is 3.89. The highest BCUT2D eigenvalue weighted by atomic mass is 16.5. The molecular weight excluding hydrogens is 316 g/mol. The van der Waals surface area contributed by atoms with Crippen molar-refractivity contribution in [3.05, 3.63) is 54.1 Å². The smallest absolute Gasteiger partial charge is 0.243 e. The first-order valence-corrected chi connectivity index (χ1v) is 8.17. The maximum atomic E-state index is 12.1. The molecule has 5 nitrogen and oxygen atoms in total. The molecular formula is C20H24N2O3. The Morgan fingerprint density at radius 1 is 1.04 bits per heavy atom. The van der Waals surface area contributed by atoms with Crippen molar-refractivity contribution in [2.75, 3.05) is 11.9 Å². The summed E-state index contributed by atoms with van der Waals surface area (Å²) >= 11 is 0. The first-order chi connectivity index (χ1) is 11.8. The maximum Gasteiger partial charge on any atom is 0.243 e. The molecule has 0 radical (unpaired) electrons. The summed E-state index contributed by atoms with van der Waals surface area (Å²) in [5.41, 5.74) is 1.11. The minimum atomic E-state index is -0.535. The van der Waals surface area contributed by atoms with Crippen LogP contribution in [-0.2, 0) is 9.59 Å². The van der Waals surface area contributed by atoms with Gasteiger partial charge in [-0.15, -0.1) is 0 Å². The first-order valence-electron chi connectivity index (χ1n) is 8.17. The number of anilines is 1. The summed E-state index contributed by atoms with van der Waals surface area (Å²) in [6.45, 7) is 7.29. The number of carbonyl (C=O) groups excluding carboxylic acids is 2. The second-order valence-electron chi connectivity index (χ2n) is 6.90. The highest BCUT2D eigenvalue weighted by Gasteiger charge is 2.21. The monoisotopic (exact) mass is 340 g/mol. The van der Waals surface area contributed by atoms with Crippen LogP contribution < -0.4 is 15.4 Å². The zero-order valence-corrected chi connectivity index (χ0v) is 15.1. The molecule has 0 aromatic heterocycles. The zero-order chi connectivity index (χ0) is 18.4. The van der Waals surface area contributed by atoms with Gasteiger partial charge in [0.2, 0.25) is 11.8 Å². The van der Waals surface area contributed by atoms with Gasteiger partial charge < -0.3 is 15.4 Å². The van der Waals surface area contributed by atoms with E-state index >= 15 is 0 Å². The van der Waals surface area contributed by atoms with E-state index < -0.39 is 5.41 Å². The number of hydrogen-bond donors (Lipinski definition) is 2. The van der Waals surface area contributed by atoms with Crippen molar-refractivity contribution in [2.24, 2.45) is 5.41 Å². The van der Waals surface area contributed by atoms with E-state index in [0.29, 0.717) is 17.2 Å². The van der Waals surface area contributed by atoms with Crippen LogP contribution in [0, 0.1) is 12.3 Å². The molecule has 0 aliphatic heterocycles. The van der Waals surface area contributed by atoms with Crippen LogP contribution in [0.1, 0.15) is 26.3 Å². The molecule has 5 heteroatoms. The van der Waals surface area contributed by atoms with Gasteiger partial charge in [0.25, 0.3) is 0 Å². The molecule has 2 N–H and O–H groups in total. The number of benzene rings is 2. The number of ether oxygens (including phenoxy) is 1. The largest absolute Gasteiger partial charge is 0.455 e. The van der Waals surface area contributed by atoms with Crippen LogP contribution in [0.3, 0.4) is 0 Å². The molecule has 0 atom stereocenters. The van der Waals surface area contributed by atoms with E-state index in [1.54, 1.807) is 32.9 Å². The fourth-order valence-electron chi connectivity index (χ4n) is 2.08. The van der Waals surface area contributed by atoms with Gasteiger partial charge in [-0.2, -0.15) is 0 Å². The number of hydrogen-bond acceptors (Lipinski definition) is 3. The van der Waals surface area contributed by atoms with Gasteiger partial charge in [-0.3, -0.25) is 9.59 Å². The van der Waals surface area contributed by atoms with E-state index in [2.05, 4.69) is 10.6 Å². The van der Waals surface area contributed by atoms with E-state index in [0.717, 1.165) is 5.56 Å². The van der Waals surface area contributed by atoms with Crippen molar-refractivity contribution >= 4 is 17.5 Å². The number of rotatable bonds is 5. The third-order valence-electron chi connectivity index (χ3n) is 3.47. The Labute approximate surface area is 148 Å². The Hall–Kier alpha value is -2.82. The van der Waals surface area contributed by atoms with E-state index in [-0.39, 0.29) is 18.4 Å². The van der Waals surface area contributed by atoms with Crippen molar-refractivity contribution in [3.63, 3.8) is 0 Å². The third-order valence-corrected chi connectivity index (χ3v) is 3.47. The van der Waals surface area contributed by atoms with Gasteiger partial charge in [0.1, 0.15) is 5.75 Å². The average molecular weight is 340 g/mol. The van der Waals surface area contributed by atoms with E-state index in [1.165, 1.54) is 0 Å². The highest BCUT2D eigenvalue weighted by molar-refractivity contribution is 5.96. The Bertz CT molecular complexity index is 764. The Kier molecular flexibility index (Phi) is 5.80. The van der Waals surface area contributed by atoms with E-state index in [4.69, 9.17) is 4.74 Å². The van der Waals surface area contributed by atoms with Gasteiger partial charge in [-0.05, 0) is 36.8 Å². The lowest BCUT2D eigenvalue weighted by Crippen LogP contribution is -2.39. The second kappa shape index (κ2) is 7.83. The van der Waals surface area contributed by atoms with Gasteiger partial charge in [0.15, 0.2) is 5.75 Å². The number of carbonyl (C=O) groups is 2. The van der Waals surface area contributed by atoms with Gasteiger partial charge in [0, 0.05) is 5.41 Å². The number of nitrogens with one attached hydrogen (secondary N) is 2. The van der Waals surface area contributed by atoms with Crippen LogP contribution in [0.15, 0.2) is 48.5 Å². The molecule has 0 saturated carbocycles. The summed E-state index contributed by atoms with van der Waals surface area (Å²) in [5.74, 6) is 0.760. The lowest BCUT2D eigenvalue weighted by molar-refractivity contribution is -0.130. The maximum absolute atomic E-state index is 12.1. The van der Waals surface area contributed by atoms with Crippen LogP contribution in [0.2, 0.25) is 0 Å². The lowest BCUT2D eigenvalue weighted by Gasteiger charge is -2.17. The van der Waals surface area contributed by atoms with Gasteiger partial charge in [0.05, 0.1) is 12.2 Å². The summed E-state index contributed by atoms with van der Waals surface area (Å²) in [4.78, 5) is 24.0. The SMILES string of the molecule is Cc1cccc(Oc2ccccc2NC(=O)CNC(=O)C(C)(C)C)c1. The fourth-order valence-corrected chi connectivity index (χ4v) is 2.08. The Morgan fingerprint density at radius 3 is 2.44 bits per heavy atom. The van der Waals surface area contributed by atoms with Crippen molar-refractivity contribution in [1.29, 1.82) is 0 Å². The van der Waals surface area contributed by atoms with Crippen LogP contribution in [0.4, 0.5) is 5.69 Å². The third kappa shape index (κ3) is 5.64. The molecule has 0 saturated heterocycles. The average Bonchev–Trinajstić information content (AvgIpc) is 2.53. The van der Waals surface area contributed by atoms with E-state index in [1.807, 2.05) is 43.3 Å². The van der Waals surface area contributed by atoms with Gasteiger partial charge in [-0.25, -0.2) is 0 Å². The number of amides is 2. The normalized spacial score (nSPS) is 10.9. The summed E-state index contributed by atoms with van der Waals surface area (Å²) in [5, 5.41) is 5.40. The van der Waals surface area contributed by atoms with Crippen LogP contribution >= 0.6 is 0 Å². The second-order valence-corrected chi connectivity index (χ2v) is 6.90.